The highest BCUT2D eigenvalue weighted by atomic mass is 35.5. The standard InChI is InChI=1S/C26H29ClN2O3S/c1-19-6-11-22(12-7-19)5-4-16-28-26(30)18-29(25-17-23(27)13-10-21(25)3)33(31,32)24-14-8-20(2)9-15-24/h6-15,17H,4-5,16,18H2,1-3H3,(H,28,30). The summed E-state index contributed by atoms with van der Waals surface area (Å²) < 4.78 is 28.1. The number of nitrogens with one attached hydrogen (secondary N) is 1. The number of carbonyl (C=O) groups is 1. The fourth-order valence-corrected chi connectivity index (χ4v) is 5.09. The Labute approximate surface area is 201 Å². The van der Waals surface area contributed by atoms with Crippen LogP contribution in [0.4, 0.5) is 5.69 Å². The van der Waals surface area contributed by atoms with E-state index in [4.69, 9.17) is 11.6 Å². The molecule has 174 valence electrons. The Bertz CT molecular complexity index is 1210. The molecule has 0 aliphatic heterocycles. The number of sulfonamides is 1. The SMILES string of the molecule is Cc1ccc(CCCNC(=O)CN(c2cc(Cl)ccc2C)S(=O)(=O)c2ccc(C)cc2)cc1. The molecule has 0 aliphatic carbocycles. The van der Waals surface area contributed by atoms with Gasteiger partial charge in [-0.05, 0) is 69.0 Å². The molecule has 0 unspecified atom stereocenters. The van der Waals surface area contributed by atoms with Gasteiger partial charge in [-0.2, -0.15) is 0 Å². The summed E-state index contributed by atoms with van der Waals surface area (Å²) in [6, 6.07) is 19.9. The van der Waals surface area contributed by atoms with Gasteiger partial charge in [0.1, 0.15) is 6.54 Å². The van der Waals surface area contributed by atoms with Gasteiger partial charge in [-0.25, -0.2) is 8.42 Å². The topological polar surface area (TPSA) is 66.5 Å². The Balaban J connectivity index is 1.75. The van der Waals surface area contributed by atoms with E-state index in [1.165, 1.54) is 11.1 Å². The van der Waals surface area contributed by atoms with Gasteiger partial charge in [0.2, 0.25) is 5.91 Å². The number of hydrogen-bond donors (Lipinski definition) is 1. The molecular weight excluding hydrogens is 456 g/mol. The molecule has 0 saturated carbocycles. The molecule has 0 heterocycles. The molecular formula is C26H29ClN2O3S. The van der Waals surface area contributed by atoms with Gasteiger partial charge < -0.3 is 5.32 Å². The first-order valence-electron chi connectivity index (χ1n) is 10.8. The minimum Gasteiger partial charge on any atom is -0.355 e. The van der Waals surface area contributed by atoms with E-state index >= 15 is 0 Å². The average molecular weight is 485 g/mol. The third kappa shape index (κ3) is 6.59. The van der Waals surface area contributed by atoms with E-state index in [1.807, 2.05) is 13.8 Å². The lowest BCUT2D eigenvalue weighted by Gasteiger charge is -2.26. The molecule has 3 aromatic carbocycles. The highest BCUT2D eigenvalue weighted by molar-refractivity contribution is 7.92. The van der Waals surface area contributed by atoms with E-state index in [1.54, 1.807) is 49.4 Å². The van der Waals surface area contributed by atoms with Crippen LogP contribution in [-0.4, -0.2) is 27.4 Å². The summed E-state index contributed by atoms with van der Waals surface area (Å²) in [5, 5.41) is 3.25. The largest absolute Gasteiger partial charge is 0.355 e. The molecule has 7 heteroatoms. The summed E-state index contributed by atoms with van der Waals surface area (Å²) in [5.41, 5.74) is 4.46. The van der Waals surface area contributed by atoms with E-state index in [0.717, 1.165) is 22.7 Å². The molecule has 1 N–H and O–H groups in total. The molecule has 0 spiro atoms. The van der Waals surface area contributed by atoms with Crippen LogP contribution < -0.4 is 9.62 Å². The second-order valence-corrected chi connectivity index (χ2v) is 10.5. The minimum absolute atomic E-state index is 0.125. The number of hydrogen-bond acceptors (Lipinski definition) is 3. The number of anilines is 1. The van der Waals surface area contributed by atoms with Crippen LogP contribution in [0.2, 0.25) is 5.02 Å². The molecule has 0 saturated heterocycles. The Hall–Kier alpha value is -2.83. The van der Waals surface area contributed by atoms with Gasteiger partial charge in [0.25, 0.3) is 10.0 Å². The van der Waals surface area contributed by atoms with Gasteiger partial charge >= 0.3 is 0 Å². The molecule has 33 heavy (non-hydrogen) atoms. The average Bonchev–Trinajstić information content (AvgIpc) is 2.78. The van der Waals surface area contributed by atoms with Crippen molar-refractivity contribution in [3.8, 4) is 0 Å². The summed E-state index contributed by atoms with van der Waals surface area (Å²) in [6.07, 6.45) is 1.59. The van der Waals surface area contributed by atoms with E-state index in [-0.39, 0.29) is 17.3 Å². The first-order chi connectivity index (χ1) is 15.7. The van der Waals surface area contributed by atoms with Crippen LogP contribution in [0.5, 0.6) is 0 Å². The fraction of sp³-hybridized carbons (Fsp3) is 0.269. The zero-order valence-electron chi connectivity index (χ0n) is 19.1. The lowest BCUT2D eigenvalue weighted by Crippen LogP contribution is -2.41. The van der Waals surface area contributed by atoms with Gasteiger partial charge in [-0.3, -0.25) is 9.10 Å². The number of halogens is 1. The van der Waals surface area contributed by atoms with Crippen LogP contribution in [-0.2, 0) is 21.2 Å². The third-order valence-corrected chi connectivity index (χ3v) is 7.43. The van der Waals surface area contributed by atoms with Crippen LogP contribution in [0.1, 0.15) is 28.7 Å². The summed E-state index contributed by atoms with van der Waals surface area (Å²) in [7, 11) is -3.97. The van der Waals surface area contributed by atoms with Gasteiger partial charge in [0, 0.05) is 11.6 Å². The van der Waals surface area contributed by atoms with Crippen molar-refractivity contribution < 1.29 is 13.2 Å². The second kappa shape index (κ2) is 10.9. The molecule has 3 rings (SSSR count). The van der Waals surface area contributed by atoms with Crippen molar-refractivity contribution >= 4 is 33.2 Å². The van der Waals surface area contributed by atoms with Crippen LogP contribution in [0.25, 0.3) is 0 Å². The van der Waals surface area contributed by atoms with Crippen molar-refractivity contribution in [1.82, 2.24) is 5.32 Å². The molecule has 0 atom stereocenters. The molecule has 0 aliphatic rings. The molecule has 0 fully saturated rings. The monoisotopic (exact) mass is 484 g/mol. The molecule has 0 aromatic heterocycles. The lowest BCUT2D eigenvalue weighted by atomic mass is 10.1. The number of aryl methyl sites for hydroxylation is 4. The van der Waals surface area contributed by atoms with Crippen molar-refractivity contribution in [3.63, 3.8) is 0 Å². The predicted molar refractivity (Wildman–Crippen MR) is 134 cm³/mol. The van der Waals surface area contributed by atoms with E-state index in [0.29, 0.717) is 22.8 Å². The van der Waals surface area contributed by atoms with E-state index in [2.05, 4.69) is 29.6 Å². The number of amides is 1. The number of carbonyl (C=O) groups excluding carboxylic acids is 1. The quantitative estimate of drug-likeness (QED) is 0.424. The summed E-state index contributed by atoms with van der Waals surface area (Å²) in [4.78, 5) is 12.9. The zero-order chi connectivity index (χ0) is 24.0. The van der Waals surface area contributed by atoms with Gasteiger partial charge in [-0.15, -0.1) is 0 Å². The maximum atomic E-state index is 13.5. The predicted octanol–water partition coefficient (Wildman–Crippen LogP) is 5.21. The van der Waals surface area contributed by atoms with Crippen LogP contribution in [0.3, 0.4) is 0 Å². The van der Waals surface area contributed by atoms with Gasteiger partial charge in [0.05, 0.1) is 10.6 Å². The first kappa shape index (κ1) is 24.8. The van der Waals surface area contributed by atoms with Crippen LogP contribution in [0, 0.1) is 20.8 Å². The number of nitrogens with zero attached hydrogens (tertiary/aromatic N) is 1. The van der Waals surface area contributed by atoms with Gasteiger partial charge in [-0.1, -0.05) is 65.2 Å². The van der Waals surface area contributed by atoms with Gasteiger partial charge in [0.15, 0.2) is 0 Å². The van der Waals surface area contributed by atoms with Crippen molar-refractivity contribution in [3.05, 3.63) is 94.0 Å². The highest BCUT2D eigenvalue weighted by Gasteiger charge is 2.28. The minimum atomic E-state index is -3.97. The maximum absolute atomic E-state index is 13.5. The summed E-state index contributed by atoms with van der Waals surface area (Å²) in [5.74, 6) is -0.367. The van der Waals surface area contributed by atoms with Crippen LogP contribution in [0.15, 0.2) is 71.6 Å². The molecule has 0 bridgehead atoms. The normalized spacial score (nSPS) is 11.3. The Morgan fingerprint density at radius 2 is 1.52 bits per heavy atom. The maximum Gasteiger partial charge on any atom is 0.264 e. The summed E-state index contributed by atoms with van der Waals surface area (Å²) in [6.45, 7) is 5.85. The first-order valence-corrected chi connectivity index (χ1v) is 12.7. The van der Waals surface area contributed by atoms with Crippen molar-refractivity contribution in [2.45, 2.75) is 38.5 Å². The number of benzene rings is 3. The lowest BCUT2D eigenvalue weighted by molar-refractivity contribution is -0.119. The fourth-order valence-electron chi connectivity index (χ4n) is 3.45. The zero-order valence-corrected chi connectivity index (χ0v) is 20.7. The Morgan fingerprint density at radius 3 is 2.15 bits per heavy atom. The third-order valence-electron chi connectivity index (χ3n) is 5.42. The molecule has 0 radical (unpaired) electrons. The highest BCUT2D eigenvalue weighted by Crippen LogP contribution is 2.29. The Kier molecular flexibility index (Phi) is 8.16. The smallest absolute Gasteiger partial charge is 0.264 e. The molecule has 3 aromatic rings. The molecule has 5 nitrogen and oxygen atoms in total. The van der Waals surface area contributed by atoms with E-state index in [9.17, 15) is 13.2 Å². The van der Waals surface area contributed by atoms with Crippen molar-refractivity contribution in [1.29, 1.82) is 0 Å². The van der Waals surface area contributed by atoms with E-state index < -0.39 is 10.0 Å². The van der Waals surface area contributed by atoms with Crippen LogP contribution >= 0.6 is 11.6 Å². The van der Waals surface area contributed by atoms with Crippen molar-refractivity contribution in [2.24, 2.45) is 0 Å². The van der Waals surface area contributed by atoms with Crippen molar-refractivity contribution in [2.75, 3.05) is 17.4 Å². The Morgan fingerprint density at radius 1 is 0.909 bits per heavy atom. The number of rotatable bonds is 9. The summed E-state index contributed by atoms with van der Waals surface area (Å²) >= 11 is 6.16. The second-order valence-electron chi connectivity index (χ2n) is 8.19. The molecule has 1 amide bonds.